The highest BCUT2D eigenvalue weighted by atomic mass is 32.2. The highest BCUT2D eigenvalue weighted by molar-refractivity contribution is 7.89. The van der Waals surface area contributed by atoms with Gasteiger partial charge in [-0.3, -0.25) is 9.59 Å². The normalized spacial score (nSPS) is 22.8. The molecule has 192 valence electrons. The fourth-order valence-corrected chi connectivity index (χ4v) is 6.98. The van der Waals surface area contributed by atoms with Crippen LogP contribution in [-0.4, -0.2) is 59.4 Å². The molecule has 0 spiro atoms. The summed E-state index contributed by atoms with van der Waals surface area (Å²) in [4.78, 5) is 30.0. The van der Waals surface area contributed by atoms with E-state index in [4.69, 9.17) is 5.73 Å². The minimum Gasteiger partial charge on any atom is -0.390 e. The Hall–Kier alpha value is -2.34. The fourth-order valence-electron chi connectivity index (χ4n) is 4.37. The van der Waals surface area contributed by atoms with Crippen LogP contribution in [-0.2, 0) is 14.8 Å². The average molecular weight is 523 g/mol. The van der Waals surface area contributed by atoms with Gasteiger partial charge in [0.25, 0.3) is 10.0 Å². The van der Waals surface area contributed by atoms with Crippen LogP contribution in [0.3, 0.4) is 0 Å². The van der Waals surface area contributed by atoms with Crippen molar-refractivity contribution < 1.29 is 23.1 Å². The molecule has 0 unspecified atom stereocenters. The Balaban J connectivity index is 1.82. The molecule has 2 aromatic heterocycles. The number of hydrogen-bond acceptors (Lipinski definition) is 7. The molecule has 2 aromatic rings. The molecule has 0 bridgehead atoms. The van der Waals surface area contributed by atoms with E-state index in [0.29, 0.717) is 29.7 Å². The van der Waals surface area contributed by atoms with Crippen LogP contribution in [0.1, 0.15) is 68.1 Å². The highest BCUT2D eigenvalue weighted by Gasteiger charge is 2.39. The first-order chi connectivity index (χ1) is 16.3. The molecular weight excluding hydrogens is 488 g/mol. The van der Waals surface area contributed by atoms with Gasteiger partial charge < -0.3 is 16.2 Å². The molecular formula is C24H34N4O5S2. The first kappa shape index (κ1) is 27.3. The number of nitrogens with two attached hydrogens (primary N) is 1. The number of nitrogens with one attached hydrogen (secondary N) is 1. The van der Waals surface area contributed by atoms with Gasteiger partial charge in [-0.2, -0.15) is 4.31 Å². The van der Waals surface area contributed by atoms with E-state index in [0.717, 1.165) is 0 Å². The van der Waals surface area contributed by atoms with Crippen LogP contribution >= 0.6 is 11.3 Å². The lowest BCUT2D eigenvalue weighted by Crippen LogP contribution is -2.49. The first-order valence-corrected chi connectivity index (χ1v) is 13.9. The van der Waals surface area contributed by atoms with Crippen molar-refractivity contribution in [2.75, 3.05) is 6.54 Å². The van der Waals surface area contributed by atoms with E-state index in [1.54, 1.807) is 30.5 Å². The van der Waals surface area contributed by atoms with E-state index in [9.17, 15) is 23.1 Å². The van der Waals surface area contributed by atoms with Gasteiger partial charge in [0.2, 0.25) is 11.8 Å². The van der Waals surface area contributed by atoms with Crippen LogP contribution in [0.4, 0.5) is 0 Å². The monoisotopic (exact) mass is 522 g/mol. The lowest BCUT2D eigenvalue weighted by Gasteiger charge is -2.29. The van der Waals surface area contributed by atoms with Crippen molar-refractivity contribution in [1.82, 2.24) is 14.6 Å². The molecule has 0 radical (unpaired) electrons. The molecule has 4 N–H and O–H groups in total. The molecule has 1 aliphatic rings. The zero-order valence-corrected chi connectivity index (χ0v) is 22.1. The maximum atomic E-state index is 13.5. The number of thiophene rings is 1. The summed E-state index contributed by atoms with van der Waals surface area (Å²) in [5.41, 5.74) is 5.64. The summed E-state index contributed by atoms with van der Waals surface area (Å²) < 4.78 is 27.6. The van der Waals surface area contributed by atoms with Gasteiger partial charge in [-0.15, -0.1) is 11.3 Å². The number of amides is 2. The number of β-amino-alcohol motifs (C(OH)–C–C–N with tert-alkyl or cyclic N) is 1. The lowest BCUT2D eigenvalue weighted by atomic mass is 9.82. The number of aliphatic hydroxyl groups excluding tert-OH is 1. The summed E-state index contributed by atoms with van der Waals surface area (Å²) in [5.74, 6) is -1.53. The Bertz CT molecular complexity index is 1140. The van der Waals surface area contributed by atoms with Crippen LogP contribution in [0.15, 0.2) is 40.9 Å². The number of aromatic nitrogens is 1. The van der Waals surface area contributed by atoms with Gasteiger partial charge in [0, 0.05) is 23.7 Å². The largest absolute Gasteiger partial charge is 0.390 e. The van der Waals surface area contributed by atoms with Gasteiger partial charge in [0.15, 0.2) is 5.03 Å². The van der Waals surface area contributed by atoms with Gasteiger partial charge in [-0.05, 0) is 55.2 Å². The summed E-state index contributed by atoms with van der Waals surface area (Å²) in [7, 11) is -3.91. The minimum absolute atomic E-state index is 0.0801. The maximum absolute atomic E-state index is 13.5. The molecule has 11 heteroatoms. The van der Waals surface area contributed by atoms with Crippen molar-refractivity contribution in [3.05, 3.63) is 46.3 Å². The molecule has 9 nitrogen and oxygen atoms in total. The Kier molecular flexibility index (Phi) is 8.36. The van der Waals surface area contributed by atoms with E-state index in [1.165, 1.54) is 27.9 Å². The molecule has 0 aliphatic carbocycles. The van der Waals surface area contributed by atoms with Crippen LogP contribution in [0, 0.1) is 5.41 Å². The van der Waals surface area contributed by atoms with Gasteiger partial charge in [-0.25, -0.2) is 13.4 Å². The van der Waals surface area contributed by atoms with Gasteiger partial charge in [0.05, 0.1) is 23.6 Å². The van der Waals surface area contributed by atoms with Gasteiger partial charge >= 0.3 is 0 Å². The number of sulfonamides is 1. The second-order valence-corrected chi connectivity index (χ2v) is 13.0. The van der Waals surface area contributed by atoms with Crippen molar-refractivity contribution in [3.8, 4) is 0 Å². The smallest absolute Gasteiger partial charge is 0.260 e. The molecule has 2 amide bonds. The van der Waals surface area contributed by atoms with Crippen LogP contribution < -0.4 is 11.1 Å². The topological polar surface area (TPSA) is 143 Å². The number of rotatable bonds is 7. The molecule has 1 fully saturated rings. The molecule has 1 aliphatic heterocycles. The van der Waals surface area contributed by atoms with E-state index in [2.05, 4.69) is 10.3 Å². The average Bonchev–Trinajstić information content (AvgIpc) is 3.22. The number of hydrogen-bond donors (Lipinski definition) is 3. The third-order valence-corrected chi connectivity index (χ3v) is 9.09. The number of aliphatic hydroxyl groups is 1. The summed E-state index contributed by atoms with van der Waals surface area (Å²) >= 11 is 1.31. The molecule has 0 saturated carbocycles. The van der Waals surface area contributed by atoms with Gasteiger partial charge in [0.1, 0.15) is 0 Å². The molecule has 3 rings (SSSR count). The Morgan fingerprint density at radius 1 is 1.29 bits per heavy atom. The third kappa shape index (κ3) is 6.46. The van der Waals surface area contributed by atoms with Crippen LogP contribution in [0.5, 0.6) is 0 Å². The summed E-state index contributed by atoms with van der Waals surface area (Å²) in [6.07, 6.45) is 1.62. The van der Waals surface area contributed by atoms with Crippen molar-refractivity contribution in [2.45, 2.75) is 76.1 Å². The maximum Gasteiger partial charge on any atom is 0.260 e. The zero-order valence-electron chi connectivity index (χ0n) is 20.5. The lowest BCUT2D eigenvalue weighted by molar-refractivity contribution is -0.124. The molecule has 4 atom stereocenters. The van der Waals surface area contributed by atoms with Crippen molar-refractivity contribution >= 4 is 33.2 Å². The standard InChI is InChI=1S/C24H34N4O5S2/c1-15-8-9-18(19(29)14-28(15)35(32,33)20-7-5-6-11-26-20)27-23(31)17(13-24(2,3)4)21-16(22(25)30)10-12-34-21/h5-7,10-12,15,17-19,29H,8-9,13-14H2,1-4H3,(H2,25,30)(H,27,31)/t15-,17-,18+,19+/m1/s1. The molecule has 0 aromatic carbocycles. The second-order valence-electron chi connectivity index (χ2n) is 10.2. The number of pyridine rings is 1. The van der Waals surface area contributed by atoms with Crippen LogP contribution in [0.25, 0.3) is 0 Å². The SMILES string of the molecule is C[C@@H]1CC[C@H](NC(=O)[C@H](CC(C)(C)C)c2sccc2C(N)=O)[C@@H](O)CN1S(=O)(=O)c1ccccn1. The Morgan fingerprint density at radius 3 is 2.60 bits per heavy atom. The zero-order chi connectivity index (χ0) is 26.0. The van der Waals surface area contributed by atoms with E-state index < -0.39 is 34.0 Å². The van der Waals surface area contributed by atoms with E-state index in [1.807, 2.05) is 20.8 Å². The number of carbonyl (C=O) groups is 2. The fraction of sp³-hybridized carbons (Fsp3) is 0.542. The number of primary amides is 1. The van der Waals surface area contributed by atoms with E-state index in [-0.39, 0.29) is 28.9 Å². The van der Waals surface area contributed by atoms with Crippen molar-refractivity contribution in [3.63, 3.8) is 0 Å². The molecule has 1 saturated heterocycles. The summed E-state index contributed by atoms with van der Waals surface area (Å²) in [6.45, 7) is 7.64. The first-order valence-electron chi connectivity index (χ1n) is 11.6. The minimum atomic E-state index is -3.91. The predicted octanol–water partition coefficient (Wildman–Crippen LogP) is 2.48. The highest BCUT2D eigenvalue weighted by Crippen LogP contribution is 2.36. The van der Waals surface area contributed by atoms with Crippen molar-refractivity contribution in [1.29, 1.82) is 0 Å². The number of carbonyl (C=O) groups excluding carboxylic acids is 2. The van der Waals surface area contributed by atoms with Crippen molar-refractivity contribution in [2.24, 2.45) is 11.1 Å². The Morgan fingerprint density at radius 2 is 2.00 bits per heavy atom. The second kappa shape index (κ2) is 10.7. The molecule has 3 heterocycles. The van der Waals surface area contributed by atoms with E-state index >= 15 is 0 Å². The molecule has 35 heavy (non-hydrogen) atoms. The Labute approximate surface area is 210 Å². The predicted molar refractivity (Wildman–Crippen MR) is 134 cm³/mol. The third-order valence-electron chi connectivity index (χ3n) is 6.17. The van der Waals surface area contributed by atoms with Crippen LogP contribution in [0.2, 0.25) is 0 Å². The summed E-state index contributed by atoms with van der Waals surface area (Å²) in [5, 5.41) is 15.6. The number of nitrogens with zero attached hydrogens (tertiary/aromatic N) is 2. The van der Waals surface area contributed by atoms with Gasteiger partial charge in [-0.1, -0.05) is 26.8 Å². The quantitative estimate of drug-likeness (QED) is 0.510. The summed E-state index contributed by atoms with van der Waals surface area (Å²) in [6, 6.07) is 5.25.